The van der Waals surface area contributed by atoms with E-state index in [9.17, 15) is 25.9 Å². The van der Waals surface area contributed by atoms with Gasteiger partial charge in [-0.3, -0.25) is 8.37 Å². The van der Waals surface area contributed by atoms with E-state index >= 15 is 0 Å². The maximum atomic E-state index is 9.22. The predicted molar refractivity (Wildman–Crippen MR) is 39.2 cm³/mol. The van der Waals surface area contributed by atoms with Gasteiger partial charge in [0.1, 0.15) is 0 Å². The summed E-state index contributed by atoms with van der Waals surface area (Å²) in [5, 5.41) is 0. The third-order valence-electron chi connectivity index (χ3n) is 0.408. The van der Waals surface area contributed by atoms with Gasteiger partial charge >= 0.3 is 45.5 Å². The molecule has 0 rings (SSSR count). The summed E-state index contributed by atoms with van der Waals surface area (Å²) in [6.45, 7) is 0. The Morgan fingerprint density at radius 3 is 0.923 bits per heavy atom. The van der Waals surface area contributed by atoms with E-state index in [-0.39, 0.29) is 45.5 Å². The zero-order valence-electron chi connectivity index (χ0n) is 6.79. The van der Waals surface area contributed by atoms with Gasteiger partial charge in [-0.15, -0.1) is 0 Å². The molecule has 0 aliphatic heterocycles. The van der Waals surface area contributed by atoms with Gasteiger partial charge in [0, 0.05) is 0 Å². The van der Waals surface area contributed by atoms with Crippen molar-refractivity contribution in [2.75, 3.05) is 14.2 Å². The summed E-state index contributed by atoms with van der Waals surface area (Å²) in [6.07, 6.45) is 0. The Morgan fingerprint density at radius 2 is 0.923 bits per heavy atom. The van der Waals surface area contributed by atoms with Crippen molar-refractivity contribution < 1.29 is 34.3 Å². The van der Waals surface area contributed by atoms with Gasteiger partial charge in [-0.25, -0.2) is 16.8 Å². The molecule has 0 aromatic heterocycles. The fourth-order valence-corrected chi connectivity index (χ4v) is 0. The molecule has 0 saturated carbocycles. The first-order valence-electron chi connectivity index (χ1n) is 2.15. The smallest absolute Gasteiger partial charge is 0.726 e. The van der Waals surface area contributed by atoms with Gasteiger partial charge in [-0.2, -0.15) is 0 Å². The molecule has 0 aromatic rings. The van der Waals surface area contributed by atoms with Crippen LogP contribution in [-0.2, 0) is 29.2 Å². The second-order valence-corrected chi connectivity index (χ2v) is 3.45. The van der Waals surface area contributed by atoms with Gasteiger partial charge in [0.2, 0.25) is 20.8 Å². The Labute approximate surface area is 113 Å². The summed E-state index contributed by atoms with van der Waals surface area (Å²) >= 11 is 0. The van der Waals surface area contributed by atoms with Crippen molar-refractivity contribution in [3.63, 3.8) is 0 Å². The first-order valence-corrected chi connectivity index (χ1v) is 4.82. The van der Waals surface area contributed by atoms with Crippen molar-refractivity contribution in [2.24, 2.45) is 0 Å². The molecule has 0 bridgehead atoms. The van der Waals surface area contributed by atoms with Crippen molar-refractivity contribution >= 4 is 66.3 Å². The van der Waals surface area contributed by atoms with E-state index in [0.717, 1.165) is 14.2 Å². The Kier molecular flexibility index (Phi) is 12.9. The second kappa shape index (κ2) is 8.52. The molecule has 0 N–H and O–H groups in total. The van der Waals surface area contributed by atoms with E-state index in [1.54, 1.807) is 0 Å². The first kappa shape index (κ1) is 19.7. The molecule has 0 heterocycles. The minimum absolute atomic E-state index is 0. The van der Waals surface area contributed by atoms with Crippen molar-refractivity contribution in [3.05, 3.63) is 0 Å². The molecule has 11 heteroatoms. The van der Waals surface area contributed by atoms with Crippen LogP contribution >= 0.6 is 0 Å². The zero-order valence-corrected chi connectivity index (χ0v) is 11.9. The van der Waals surface area contributed by atoms with Gasteiger partial charge in [0.05, 0.1) is 14.2 Å². The van der Waals surface area contributed by atoms with E-state index in [0.29, 0.717) is 0 Å². The molecular weight excluding hydrogens is 304 g/mol. The van der Waals surface area contributed by atoms with Crippen molar-refractivity contribution in [1.82, 2.24) is 0 Å². The topological polar surface area (TPSA) is 133 Å². The summed E-state index contributed by atoms with van der Waals surface area (Å²) in [7, 11) is -7.21. The van der Waals surface area contributed by atoms with Crippen LogP contribution in [-0.4, -0.2) is 85.6 Å². The molecule has 0 atom stereocenters. The van der Waals surface area contributed by atoms with Gasteiger partial charge in [0.25, 0.3) is 0 Å². The number of hydrogen-bond donors (Lipinski definition) is 0. The minimum Gasteiger partial charge on any atom is -0.726 e. The minimum atomic E-state index is -4.41. The van der Waals surface area contributed by atoms with Gasteiger partial charge in [-0.1, -0.05) is 0 Å². The molecule has 0 fully saturated rings. The molecule has 0 aliphatic carbocycles. The second-order valence-electron chi connectivity index (χ2n) is 1.15. The van der Waals surface area contributed by atoms with Gasteiger partial charge in [-0.05, 0) is 0 Å². The van der Waals surface area contributed by atoms with Crippen LogP contribution in [0.4, 0.5) is 0 Å². The molecule has 0 saturated heterocycles. The molecule has 76 valence electrons. The van der Waals surface area contributed by atoms with Crippen LogP contribution in [0.2, 0.25) is 0 Å². The van der Waals surface area contributed by atoms with Crippen LogP contribution in [0.3, 0.4) is 0 Å². The maximum absolute atomic E-state index is 9.22. The van der Waals surface area contributed by atoms with Gasteiger partial charge in [0.15, 0.2) is 0 Å². The quantitative estimate of drug-likeness (QED) is 0.319. The third-order valence-corrected chi connectivity index (χ3v) is 1.22. The van der Waals surface area contributed by atoms with Crippen LogP contribution in [0.5, 0.6) is 0 Å². The molecule has 0 unspecified atom stereocenters. The molecule has 0 aliphatic rings. The molecule has 8 nitrogen and oxygen atoms in total. The van der Waals surface area contributed by atoms with E-state index in [2.05, 4.69) is 8.37 Å². The summed E-state index contributed by atoms with van der Waals surface area (Å²) in [4.78, 5) is 0. The normalized spacial score (nSPS) is 10.8. The third kappa shape index (κ3) is 31.9. The molecule has 0 radical (unpaired) electrons. The molecule has 13 heavy (non-hydrogen) atoms. The Bertz CT molecular complexity index is 256. The summed E-state index contributed by atoms with van der Waals surface area (Å²) in [5.74, 6) is 0. The summed E-state index contributed by atoms with van der Waals surface area (Å²) < 4.78 is 62.0. The predicted octanol–water partition coefficient (Wildman–Crippen LogP) is -2.19. The standard InChI is InChI=1S/2CH4O4S.Sr/c2*1-5-6(2,3)4;/h2*1H3,(H,2,3,4);/q;;+2/p-2. The van der Waals surface area contributed by atoms with Crippen molar-refractivity contribution in [2.45, 2.75) is 0 Å². The van der Waals surface area contributed by atoms with E-state index in [4.69, 9.17) is 0 Å². The summed E-state index contributed by atoms with van der Waals surface area (Å²) in [5.41, 5.74) is 0. The molecular formula is C2H6O8S2Sr. The zero-order chi connectivity index (χ0) is 10.4. The first-order chi connectivity index (χ1) is 5.12. The van der Waals surface area contributed by atoms with Crippen molar-refractivity contribution in [3.8, 4) is 0 Å². The Morgan fingerprint density at radius 1 is 0.846 bits per heavy atom. The van der Waals surface area contributed by atoms with Crippen LogP contribution in [0.25, 0.3) is 0 Å². The van der Waals surface area contributed by atoms with Crippen LogP contribution in [0, 0.1) is 0 Å². The molecule has 0 aromatic carbocycles. The summed E-state index contributed by atoms with van der Waals surface area (Å²) in [6, 6.07) is 0. The molecule has 0 spiro atoms. The van der Waals surface area contributed by atoms with Gasteiger partial charge < -0.3 is 9.11 Å². The SMILES string of the molecule is COS(=O)(=O)[O-].COS(=O)(=O)[O-].[Sr+2]. The molecule has 0 amide bonds. The number of hydrogen-bond acceptors (Lipinski definition) is 8. The Balaban J connectivity index is -0.000000143. The van der Waals surface area contributed by atoms with Crippen LogP contribution in [0.15, 0.2) is 0 Å². The fourth-order valence-electron chi connectivity index (χ4n) is 0. The average Bonchev–Trinajstić information content (AvgIpc) is 1.86. The fraction of sp³-hybridized carbons (Fsp3) is 1.00. The van der Waals surface area contributed by atoms with E-state index < -0.39 is 20.8 Å². The van der Waals surface area contributed by atoms with Crippen molar-refractivity contribution in [1.29, 1.82) is 0 Å². The average molecular weight is 310 g/mol. The van der Waals surface area contributed by atoms with Crippen LogP contribution in [0.1, 0.15) is 0 Å². The van der Waals surface area contributed by atoms with E-state index in [1.807, 2.05) is 0 Å². The number of rotatable bonds is 2. The van der Waals surface area contributed by atoms with Crippen LogP contribution < -0.4 is 0 Å². The van der Waals surface area contributed by atoms with E-state index in [1.165, 1.54) is 0 Å². The monoisotopic (exact) mass is 310 g/mol. The largest absolute Gasteiger partial charge is 2.00 e. The Hall–Kier alpha value is 1.22. The maximum Gasteiger partial charge on any atom is 2.00 e.